The molecule has 2 aromatic heterocycles. The number of carbonyl (C=O) groups excluding carboxylic acids is 1. The van der Waals surface area contributed by atoms with Crippen molar-refractivity contribution in [3.8, 4) is 11.4 Å². The molecule has 1 aromatic carbocycles. The van der Waals surface area contributed by atoms with Gasteiger partial charge in [-0.05, 0) is 25.1 Å². The van der Waals surface area contributed by atoms with Gasteiger partial charge in [0, 0.05) is 31.4 Å². The van der Waals surface area contributed by atoms with E-state index in [1.807, 2.05) is 0 Å². The van der Waals surface area contributed by atoms with Gasteiger partial charge in [0.15, 0.2) is 0 Å². The van der Waals surface area contributed by atoms with Crippen molar-refractivity contribution in [1.29, 1.82) is 0 Å². The summed E-state index contributed by atoms with van der Waals surface area (Å²) in [5.74, 6) is -1.69. The normalized spacial score (nSPS) is 25.3. The summed E-state index contributed by atoms with van der Waals surface area (Å²) in [7, 11) is 0. The van der Waals surface area contributed by atoms with Crippen LogP contribution in [0.4, 0.5) is 13.2 Å². The van der Waals surface area contributed by atoms with Crippen molar-refractivity contribution >= 4 is 5.91 Å². The molecule has 0 spiro atoms. The number of alkyl halides is 3. The van der Waals surface area contributed by atoms with Gasteiger partial charge in [-0.25, -0.2) is 4.98 Å². The van der Waals surface area contributed by atoms with E-state index in [1.165, 1.54) is 15.8 Å². The second kappa shape index (κ2) is 6.49. The second-order valence-corrected chi connectivity index (χ2v) is 8.80. The lowest BCUT2D eigenvalue weighted by Gasteiger charge is -2.32. The largest absolute Gasteiger partial charge is 0.488 e. The summed E-state index contributed by atoms with van der Waals surface area (Å²) in [6, 6.07) is 9.79. The molecule has 0 saturated heterocycles. The molecule has 0 bridgehead atoms. The Kier molecular flexibility index (Phi) is 3.95. The van der Waals surface area contributed by atoms with E-state index >= 15 is 0 Å². The molecule has 0 radical (unpaired) electrons. The van der Waals surface area contributed by atoms with Gasteiger partial charge < -0.3 is 18.8 Å². The van der Waals surface area contributed by atoms with Crippen molar-refractivity contribution in [1.82, 2.24) is 19.0 Å². The molecular formula is C23H19F3N4O3. The van der Waals surface area contributed by atoms with Crippen LogP contribution < -0.4 is 10.3 Å². The summed E-state index contributed by atoms with van der Waals surface area (Å²) in [4.78, 5) is 31.8. The van der Waals surface area contributed by atoms with Crippen molar-refractivity contribution in [2.45, 2.75) is 31.2 Å². The van der Waals surface area contributed by atoms with Gasteiger partial charge in [0.1, 0.15) is 29.2 Å². The molecule has 1 amide bonds. The lowest BCUT2D eigenvalue weighted by Crippen LogP contribution is -2.48. The molecule has 3 aliphatic rings. The van der Waals surface area contributed by atoms with Crippen molar-refractivity contribution in [3.63, 3.8) is 0 Å². The van der Waals surface area contributed by atoms with E-state index in [-0.39, 0.29) is 30.9 Å². The molecule has 10 heteroatoms. The number of nitrogens with zero attached hydrogens (tertiary/aromatic N) is 4. The van der Waals surface area contributed by atoms with Gasteiger partial charge >= 0.3 is 6.18 Å². The van der Waals surface area contributed by atoms with Gasteiger partial charge in [-0.1, -0.05) is 18.2 Å². The maximum Gasteiger partial charge on any atom is 0.396 e. The minimum atomic E-state index is -4.44. The van der Waals surface area contributed by atoms with Crippen LogP contribution in [0.2, 0.25) is 0 Å². The first-order chi connectivity index (χ1) is 15.7. The third-order valence-electron chi connectivity index (χ3n) is 6.95. The van der Waals surface area contributed by atoms with E-state index in [2.05, 4.69) is 4.98 Å². The molecular weight excluding hydrogens is 437 g/mol. The van der Waals surface area contributed by atoms with Crippen molar-refractivity contribution in [3.05, 3.63) is 76.2 Å². The first kappa shape index (κ1) is 20.1. The molecule has 1 saturated carbocycles. The molecule has 0 N–H and O–H groups in total. The Morgan fingerprint density at radius 1 is 1.15 bits per heavy atom. The van der Waals surface area contributed by atoms with Crippen LogP contribution >= 0.6 is 0 Å². The Balaban J connectivity index is 1.34. The zero-order valence-corrected chi connectivity index (χ0v) is 17.5. The SMILES string of the molecule is Cc1cn(-c2ccc3n(c2=O)CCN(CC24c5ccccc5OC2C4C(F)(F)F)C3=O)cn1. The van der Waals surface area contributed by atoms with Crippen LogP contribution in [0.3, 0.4) is 0 Å². The lowest BCUT2D eigenvalue weighted by atomic mass is 9.91. The van der Waals surface area contributed by atoms with Crippen LogP contribution in [0.15, 0.2) is 53.7 Å². The predicted octanol–water partition coefficient (Wildman–Crippen LogP) is 2.69. The number of para-hydroxylation sites is 1. The molecule has 170 valence electrons. The summed E-state index contributed by atoms with van der Waals surface area (Å²) in [5.41, 5.74) is 0.0899. The molecule has 33 heavy (non-hydrogen) atoms. The number of halogens is 3. The third-order valence-corrected chi connectivity index (χ3v) is 6.95. The van der Waals surface area contributed by atoms with Gasteiger partial charge in [0.25, 0.3) is 11.5 Å². The van der Waals surface area contributed by atoms with Crippen LogP contribution in [0.25, 0.3) is 5.69 Å². The zero-order chi connectivity index (χ0) is 23.1. The summed E-state index contributed by atoms with van der Waals surface area (Å²) in [6.07, 6.45) is -2.25. The fourth-order valence-electron chi connectivity index (χ4n) is 5.40. The number of rotatable bonds is 3. The molecule has 3 atom stereocenters. The van der Waals surface area contributed by atoms with E-state index in [9.17, 15) is 22.8 Å². The van der Waals surface area contributed by atoms with Crippen molar-refractivity contribution in [2.24, 2.45) is 5.92 Å². The van der Waals surface area contributed by atoms with E-state index in [4.69, 9.17) is 4.74 Å². The number of aromatic nitrogens is 3. The standard InChI is InChI=1S/C23H19F3N4O3/c1-13-10-29(12-27-13)15-6-7-16-20(31)28(8-9-30(16)21(15)32)11-22-14-4-2-3-5-17(14)33-19(22)18(22)23(24,25)26/h2-7,10,12,18-19H,8-9,11H2,1H3. The summed E-state index contributed by atoms with van der Waals surface area (Å²) in [6.45, 7) is 2.02. The van der Waals surface area contributed by atoms with Crippen LogP contribution in [0.5, 0.6) is 5.75 Å². The van der Waals surface area contributed by atoms with Gasteiger partial charge in [0.05, 0.1) is 17.4 Å². The topological polar surface area (TPSA) is 69.4 Å². The van der Waals surface area contributed by atoms with Gasteiger partial charge in [0.2, 0.25) is 0 Å². The van der Waals surface area contributed by atoms with Gasteiger partial charge in [-0.3, -0.25) is 9.59 Å². The second-order valence-electron chi connectivity index (χ2n) is 8.80. The molecule has 7 nitrogen and oxygen atoms in total. The number of amides is 1. The number of fused-ring (bicyclic) bond motifs is 4. The monoisotopic (exact) mass is 456 g/mol. The maximum atomic E-state index is 13.8. The lowest BCUT2D eigenvalue weighted by molar-refractivity contribution is -0.158. The summed E-state index contributed by atoms with van der Waals surface area (Å²) < 4.78 is 50.1. The molecule has 1 fully saturated rings. The summed E-state index contributed by atoms with van der Waals surface area (Å²) in [5, 5.41) is 0. The minimum Gasteiger partial charge on any atom is -0.488 e. The maximum absolute atomic E-state index is 13.8. The van der Waals surface area contributed by atoms with Crippen LogP contribution in [0, 0.1) is 12.8 Å². The van der Waals surface area contributed by atoms with E-state index < -0.39 is 29.5 Å². The molecule has 1 aliphatic carbocycles. The Hall–Kier alpha value is -3.56. The van der Waals surface area contributed by atoms with E-state index in [0.717, 1.165) is 5.69 Å². The van der Waals surface area contributed by atoms with Crippen LogP contribution in [-0.2, 0) is 12.0 Å². The fourth-order valence-corrected chi connectivity index (χ4v) is 5.40. The number of ether oxygens (including phenoxy) is 1. The third kappa shape index (κ3) is 2.72. The smallest absolute Gasteiger partial charge is 0.396 e. The van der Waals surface area contributed by atoms with Gasteiger partial charge in [-0.15, -0.1) is 0 Å². The number of hydrogen-bond donors (Lipinski definition) is 0. The average Bonchev–Trinajstić information content (AvgIpc) is 3.04. The Morgan fingerprint density at radius 3 is 2.67 bits per heavy atom. The molecule has 6 rings (SSSR count). The first-order valence-corrected chi connectivity index (χ1v) is 10.6. The zero-order valence-electron chi connectivity index (χ0n) is 17.5. The minimum absolute atomic E-state index is 0.117. The quantitative estimate of drug-likeness (QED) is 0.608. The highest BCUT2D eigenvalue weighted by atomic mass is 19.4. The number of benzene rings is 1. The van der Waals surface area contributed by atoms with Crippen molar-refractivity contribution < 1.29 is 22.7 Å². The highest BCUT2D eigenvalue weighted by molar-refractivity contribution is 5.93. The Morgan fingerprint density at radius 2 is 1.94 bits per heavy atom. The highest BCUT2D eigenvalue weighted by Crippen LogP contribution is 2.68. The number of aryl methyl sites for hydroxylation is 1. The summed E-state index contributed by atoms with van der Waals surface area (Å²) >= 11 is 0. The van der Waals surface area contributed by atoms with Gasteiger partial charge in [-0.2, -0.15) is 13.2 Å². The van der Waals surface area contributed by atoms with E-state index in [1.54, 1.807) is 54.1 Å². The number of hydrogen-bond acceptors (Lipinski definition) is 4. The molecule has 4 heterocycles. The van der Waals surface area contributed by atoms with Crippen LogP contribution in [-0.4, -0.2) is 50.3 Å². The highest BCUT2D eigenvalue weighted by Gasteiger charge is 2.81. The fraction of sp³-hybridized carbons (Fsp3) is 0.348. The van der Waals surface area contributed by atoms with E-state index in [0.29, 0.717) is 17.0 Å². The Bertz CT molecular complexity index is 1360. The number of pyridine rings is 1. The Labute approximate surface area is 186 Å². The average molecular weight is 456 g/mol. The van der Waals surface area contributed by atoms with Crippen LogP contribution in [0.1, 0.15) is 21.7 Å². The molecule has 3 unspecified atom stereocenters. The number of carbonyl (C=O) groups is 1. The molecule has 2 aliphatic heterocycles. The number of imidazole rings is 1. The predicted molar refractivity (Wildman–Crippen MR) is 111 cm³/mol. The van der Waals surface area contributed by atoms with Crippen molar-refractivity contribution in [2.75, 3.05) is 13.1 Å². The first-order valence-electron chi connectivity index (χ1n) is 10.6. The molecule has 3 aromatic rings.